The molecule has 0 aliphatic carbocycles. The fourth-order valence-corrected chi connectivity index (χ4v) is 1.68. The van der Waals surface area contributed by atoms with Crippen molar-refractivity contribution >= 4 is 5.78 Å². The second kappa shape index (κ2) is 7.28. The Morgan fingerprint density at radius 3 is 1.50 bits per heavy atom. The van der Waals surface area contributed by atoms with Crippen molar-refractivity contribution in [2.24, 2.45) is 0 Å². The molecule has 0 aromatic rings. The maximum atomic E-state index is 12.3. The van der Waals surface area contributed by atoms with Crippen LogP contribution in [0, 0.1) is 0 Å². The standard InChI is InChI=1S/C12H21F3N2O/c1-5-16(6-2)11(17(7-3)8-4)9-10(18)12(13,14)15/h9H,5-8H2,1-4H3. The molecule has 0 bridgehead atoms. The van der Waals surface area contributed by atoms with Gasteiger partial charge in [-0.15, -0.1) is 0 Å². The molecule has 106 valence electrons. The van der Waals surface area contributed by atoms with E-state index in [2.05, 4.69) is 0 Å². The zero-order valence-electron chi connectivity index (χ0n) is 11.3. The summed E-state index contributed by atoms with van der Waals surface area (Å²) in [6, 6.07) is 0. The summed E-state index contributed by atoms with van der Waals surface area (Å²) in [6.07, 6.45) is -4.12. The fourth-order valence-electron chi connectivity index (χ4n) is 1.68. The van der Waals surface area contributed by atoms with Crippen molar-refractivity contribution in [1.82, 2.24) is 9.80 Å². The molecule has 0 rings (SSSR count). The zero-order valence-corrected chi connectivity index (χ0v) is 11.3. The summed E-state index contributed by atoms with van der Waals surface area (Å²) >= 11 is 0. The lowest BCUT2D eigenvalue weighted by atomic mass is 10.3. The first-order valence-corrected chi connectivity index (χ1v) is 6.14. The average molecular weight is 266 g/mol. The minimum atomic E-state index is -4.81. The summed E-state index contributed by atoms with van der Waals surface area (Å²) in [7, 11) is 0. The third kappa shape index (κ3) is 4.58. The van der Waals surface area contributed by atoms with Crippen molar-refractivity contribution in [2.45, 2.75) is 33.9 Å². The predicted octanol–water partition coefficient (Wildman–Crippen LogP) is 2.64. The lowest BCUT2D eigenvalue weighted by Crippen LogP contribution is -2.37. The van der Waals surface area contributed by atoms with Gasteiger partial charge in [0.15, 0.2) is 0 Å². The second-order valence-electron chi connectivity index (χ2n) is 3.71. The van der Waals surface area contributed by atoms with Gasteiger partial charge in [0.2, 0.25) is 0 Å². The van der Waals surface area contributed by atoms with Crippen LogP contribution in [0.5, 0.6) is 0 Å². The molecule has 0 aliphatic heterocycles. The average Bonchev–Trinajstić information content (AvgIpc) is 2.30. The van der Waals surface area contributed by atoms with E-state index in [9.17, 15) is 18.0 Å². The van der Waals surface area contributed by atoms with Crippen LogP contribution in [0.15, 0.2) is 11.9 Å². The summed E-state index contributed by atoms with van der Waals surface area (Å²) in [5.41, 5.74) is 0. The van der Waals surface area contributed by atoms with Gasteiger partial charge in [-0.25, -0.2) is 0 Å². The Morgan fingerprint density at radius 1 is 0.944 bits per heavy atom. The molecular weight excluding hydrogens is 245 g/mol. The van der Waals surface area contributed by atoms with E-state index in [1.165, 1.54) is 0 Å². The van der Waals surface area contributed by atoms with Gasteiger partial charge in [0.25, 0.3) is 5.78 Å². The van der Waals surface area contributed by atoms with Gasteiger partial charge >= 0.3 is 6.18 Å². The van der Waals surface area contributed by atoms with Gasteiger partial charge in [-0.05, 0) is 27.7 Å². The third-order valence-corrected chi connectivity index (χ3v) is 2.71. The number of nitrogens with zero attached hydrogens (tertiary/aromatic N) is 2. The number of halogens is 3. The number of allylic oxidation sites excluding steroid dienone is 1. The quantitative estimate of drug-likeness (QED) is 0.662. The van der Waals surface area contributed by atoms with E-state index < -0.39 is 12.0 Å². The lowest BCUT2D eigenvalue weighted by molar-refractivity contribution is -0.165. The topological polar surface area (TPSA) is 23.6 Å². The molecule has 3 nitrogen and oxygen atoms in total. The Balaban J connectivity index is 5.32. The molecular formula is C12H21F3N2O. The molecule has 18 heavy (non-hydrogen) atoms. The monoisotopic (exact) mass is 266 g/mol. The van der Waals surface area contributed by atoms with Gasteiger partial charge in [-0.3, -0.25) is 4.79 Å². The highest BCUT2D eigenvalue weighted by Crippen LogP contribution is 2.19. The zero-order chi connectivity index (χ0) is 14.3. The Morgan fingerprint density at radius 2 is 1.28 bits per heavy atom. The molecule has 0 amide bonds. The van der Waals surface area contributed by atoms with Crippen LogP contribution in [0.25, 0.3) is 0 Å². The highest BCUT2D eigenvalue weighted by atomic mass is 19.4. The van der Waals surface area contributed by atoms with E-state index in [1.54, 1.807) is 9.80 Å². The molecule has 0 aromatic heterocycles. The highest BCUT2D eigenvalue weighted by Gasteiger charge is 2.37. The smallest absolute Gasteiger partial charge is 0.359 e. The number of hydrogen-bond acceptors (Lipinski definition) is 3. The van der Waals surface area contributed by atoms with Crippen molar-refractivity contribution in [1.29, 1.82) is 0 Å². The lowest BCUT2D eigenvalue weighted by Gasteiger charge is -2.33. The van der Waals surface area contributed by atoms with Gasteiger partial charge in [0.1, 0.15) is 5.82 Å². The predicted molar refractivity (Wildman–Crippen MR) is 65.0 cm³/mol. The minimum absolute atomic E-state index is 0.340. The van der Waals surface area contributed by atoms with Crippen molar-refractivity contribution in [3.8, 4) is 0 Å². The molecule has 0 unspecified atom stereocenters. The summed E-state index contributed by atoms with van der Waals surface area (Å²) < 4.78 is 37.0. The molecule has 0 spiro atoms. The second-order valence-corrected chi connectivity index (χ2v) is 3.71. The molecule has 6 heteroatoms. The van der Waals surface area contributed by atoms with Gasteiger partial charge in [-0.2, -0.15) is 13.2 Å². The molecule has 0 heterocycles. The van der Waals surface area contributed by atoms with Crippen LogP contribution < -0.4 is 0 Å². The SMILES string of the molecule is CCN(CC)C(=CC(=O)C(F)(F)F)N(CC)CC. The first kappa shape index (κ1) is 16.8. The summed E-state index contributed by atoms with van der Waals surface area (Å²) in [5, 5.41) is 0. The highest BCUT2D eigenvalue weighted by molar-refractivity contribution is 5.94. The van der Waals surface area contributed by atoms with Crippen molar-refractivity contribution in [3.05, 3.63) is 11.9 Å². The largest absolute Gasteiger partial charge is 0.454 e. The number of carbonyl (C=O) groups is 1. The first-order valence-electron chi connectivity index (χ1n) is 6.14. The van der Waals surface area contributed by atoms with Crippen LogP contribution in [0.2, 0.25) is 0 Å². The minimum Gasteiger partial charge on any atom is -0.359 e. The van der Waals surface area contributed by atoms with Crippen LogP contribution in [0.1, 0.15) is 27.7 Å². The van der Waals surface area contributed by atoms with Crippen molar-refractivity contribution < 1.29 is 18.0 Å². The van der Waals surface area contributed by atoms with Crippen LogP contribution in [-0.4, -0.2) is 47.9 Å². The number of alkyl halides is 3. The molecule has 0 fully saturated rings. The van der Waals surface area contributed by atoms with Gasteiger partial charge in [-0.1, -0.05) is 0 Å². The Labute approximate surface area is 106 Å². The molecule has 0 saturated carbocycles. The first-order chi connectivity index (χ1) is 8.31. The molecule has 0 aromatic carbocycles. The molecule has 0 atom stereocenters. The fraction of sp³-hybridized carbons (Fsp3) is 0.750. The molecule has 0 saturated heterocycles. The van der Waals surface area contributed by atoms with Crippen molar-refractivity contribution in [2.75, 3.05) is 26.2 Å². The summed E-state index contributed by atoms with van der Waals surface area (Å²) in [6.45, 7) is 9.62. The van der Waals surface area contributed by atoms with E-state index in [0.717, 1.165) is 0 Å². The van der Waals surface area contributed by atoms with Crippen LogP contribution >= 0.6 is 0 Å². The summed E-state index contributed by atoms with van der Waals surface area (Å²) in [5.74, 6) is -1.47. The number of carbonyl (C=O) groups excluding carboxylic acids is 1. The Kier molecular flexibility index (Phi) is 6.80. The maximum Gasteiger partial charge on any atom is 0.454 e. The number of hydrogen-bond donors (Lipinski definition) is 0. The molecule has 0 radical (unpaired) electrons. The van der Waals surface area contributed by atoms with E-state index in [4.69, 9.17) is 0 Å². The van der Waals surface area contributed by atoms with Crippen molar-refractivity contribution in [3.63, 3.8) is 0 Å². The van der Waals surface area contributed by atoms with E-state index in [1.807, 2.05) is 27.7 Å². The van der Waals surface area contributed by atoms with Gasteiger partial charge in [0, 0.05) is 32.3 Å². The third-order valence-electron chi connectivity index (χ3n) is 2.71. The van der Waals surface area contributed by atoms with Crippen LogP contribution in [0.4, 0.5) is 13.2 Å². The van der Waals surface area contributed by atoms with Gasteiger partial charge < -0.3 is 9.80 Å². The summed E-state index contributed by atoms with van der Waals surface area (Å²) in [4.78, 5) is 14.6. The molecule has 0 aliphatic rings. The van der Waals surface area contributed by atoms with Crippen LogP contribution in [0.3, 0.4) is 0 Å². The number of rotatable bonds is 7. The van der Waals surface area contributed by atoms with E-state index in [0.29, 0.717) is 38.1 Å². The molecule has 0 N–H and O–H groups in total. The normalized spacial score (nSPS) is 11.1. The van der Waals surface area contributed by atoms with Gasteiger partial charge in [0.05, 0.1) is 0 Å². The Bertz CT molecular complexity index is 278. The van der Waals surface area contributed by atoms with Crippen LogP contribution in [-0.2, 0) is 4.79 Å². The Hall–Kier alpha value is -1.20. The van der Waals surface area contributed by atoms with E-state index in [-0.39, 0.29) is 0 Å². The number of ketones is 1. The maximum absolute atomic E-state index is 12.3. The van der Waals surface area contributed by atoms with E-state index >= 15 is 0 Å².